The van der Waals surface area contributed by atoms with E-state index >= 15 is 0 Å². The summed E-state index contributed by atoms with van der Waals surface area (Å²) >= 11 is 0. The van der Waals surface area contributed by atoms with Crippen LogP contribution in [0.5, 0.6) is 0 Å². The Labute approximate surface area is 144 Å². The van der Waals surface area contributed by atoms with Gasteiger partial charge in [-0.3, -0.25) is 9.59 Å². The Morgan fingerprint density at radius 2 is 2.00 bits per heavy atom. The molecule has 0 N–H and O–H groups in total. The Kier molecular flexibility index (Phi) is 4.75. The first kappa shape index (κ1) is 17.8. The fraction of sp³-hybridized carbons (Fsp3) is 0.750. The summed E-state index contributed by atoms with van der Waals surface area (Å²) in [5.74, 6) is -3.73. The number of carbonyl (C=O) groups excluding carboxylic acids is 2. The standard InChI is InChI=1S/C16H23F2N5O2/c1-11(2)14(24)23-10-16(17,18)7-12(23)8-22-9-13(19-20-22)15(25)21-5-3-4-6-21/h9,11-12H,3-8,10H2,1-2H3. The third-order valence-corrected chi connectivity index (χ3v) is 4.70. The molecule has 25 heavy (non-hydrogen) atoms. The molecule has 1 atom stereocenters. The van der Waals surface area contributed by atoms with Crippen LogP contribution < -0.4 is 0 Å². The van der Waals surface area contributed by atoms with E-state index in [0.29, 0.717) is 13.1 Å². The number of aromatic nitrogens is 3. The second-order valence-corrected chi connectivity index (χ2v) is 7.16. The average Bonchev–Trinajstić information content (AvgIpc) is 3.26. The highest BCUT2D eigenvalue weighted by atomic mass is 19.3. The van der Waals surface area contributed by atoms with Crippen molar-refractivity contribution in [2.24, 2.45) is 5.92 Å². The van der Waals surface area contributed by atoms with Gasteiger partial charge in [0, 0.05) is 25.4 Å². The maximum absolute atomic E-state index is 13.8. The van der Waals surface area contributed by atoms with Crippen molar-refractivity contribution in [3.05, 3.63) is 11.9 Å². The topological polar surface area (TPSA) is 71.3 Å². The highest BCUT2D eigenvalue weighted by Crippen LogP contribution is 2.33. The molecule has 1 aromatic heterocycles. The summed E-state index contributed by atoms with van der Waals surface area (Å²) in [7, 11) is 0. The molecule has 0 saturated carbocycles. The minimum atomic E-state index is -2.90. The number of halogens is 2. The van der Waals surface area contributed by atoms with E-state index in [1.807, 2.05) is 0 Å². The number of amides is 2. The Balaban J connectivity index is 1.70. The molecule has 3 rings (SSSR count). The van der Waals surface area contributed by atoms with Crippen LogP contribution in [0, 0.1) is 5.92 Å². The van der Waals surface area contributed by atoms with Crippen molar-refractivity contribution in [1.82, 2.24) is 24.8 Å². The average molecular weight is 355 g/mol. The SMILES string of the molecule is CC(C)C(=O)N1CC(F)(F)CC1Cn1cc(C(=O)N2CCCC2)nn1. The van der Waals surface area contributed by atoms with E-state index in [1.165, 1.54) is 15.8 Å². The molecule has 0 spiro atoms. The molecule has 7 nitrogen and oxygen atoms in total. The summed E-state index contributed by atoms with van der Waals surface area (Å²) in [6.45, 7) is 4.34. The van der Waals surface area contributed by atoms with Crippen LogP contribution >= 0.6 is 0 Å². The lowest BCUT2D eigenvalue weighted by atomic mass is 10.1. The molecule has 2 saturated heterocycles. The number of carbonyl (C=O) groups is 2. The number of hydrogen-bond acceptors (Lipinski definition) is 4. The van der Waals surface area contributed by atoms with E-state index in [-0.39, 0.29) is 30.0 Å². The normalized spacial score (nSPS) is 22.8. The third kappa shape index (κ3) is 3.80. The van der Waals surface area contributed by atoms with E-state index in [0.717, 1.165) is 12.8 Å². The minimum absolute atomic E-state index is 0.105. The number of nitrogens with zero attached hydrogens (tertiary/aromatic N) is 5. The third-order valence-electron chi connectivity index (χ3n) is 4.70. The van der Waals surface area contributed by atoms with Crippen molar-refractivity contribution in [2.45, 2.75) is 51.6 Å². The largest absolute Gasteiger partial charge is 0.337 e. The summed E-state index contributed by atoms with van der Waals surface area (Å²) in [6, 6.07) is -0.652. The molecule has 1 aromatic rings. The van der Waals surface area contributed by atoms with Gasteiger partial charge < -0.3 is 9.80 Å². The Hall–Kier alpha value is -2.06. The van der Waals surface area contributed by atoms with Crippen LogP contribution in [0.3, 0.4) is 0 Å². The molecule has 138 valence electrons. The molecule has 0 aliphatic carbocycles. The van der Waals surface area contributed by atoms with Crippen molar-refractivity contribution in [3.63, 3.8) is 0 Å². The number of hydrogen-bond donors (Lipinski definition) is 0. The molecule has 2 fully saturated rings. The molecule has 0 bridgehead atoms. The van der Waals surface area contributed by atoms with Crippen LogP contribution in [0.25, 0.3) is 0 Å². The van der Waals surface area contributed by atoms with E-state index < -0.39 is 24.9 Å². The van der Waals surface area contributed by atoms with Gasteiger partial charge >= 0.3 is 0 Å². The van der Waals surface area contributed by atoms with Gasteiger partial charge in [-0.2, -0.15) is 0 Å². The van der Waals surface area contributed by atoms with Crippen LogP contribution in [0.1, 0.15) is 43.6 Å². The fourth-order valence-corrected chi connectivity index (χ4v) is 3.43. The van der Waals surface area contributed by atoms with Crippen LogP contribution in [-0.2, 0) is 11.3 Å². The minimum Gasteiger partial charge on any atom is -0.337 e. The highest BCUT2D eigenvalue weighted by Gasteiger charge is 2.47. The van der Waals surface area contributed by atoms with Gasteiger partial charge in [-0.1, -0.05) is 19.1 Å². The number of alkyl halides is 2. The maximum Gasteiger partial charge on any atom is 0.276 e. The molecule has 2 aliphatic heterocycles. The lowest BCUT2D eigenvalue weighted by Crippen LogP contribution is -2.41. The van der Waals surface area contributed by atoms with Gasteiger partial charge in [-0.25, -0.2) is 13.5 Å². The first-order valence-corrected chi connectivity index (χ1v) is 8.64. The van der Waals surface area contributed by atoms with Gasteiger partial charge in [-0.15, -0.1) is 5.10 Å². The van der Waals surface area contributed by atoms with E-state index in [1.54, 1.807) is 18.7 Å². The molecule has 2 amide bonds. The van der Waals surface area contributed by atoms with E-state index in [4.69, 9.17) is 0 Å². The van der Waals surface area contributed by atoms with Gasteiger partial charge in [-0.05, 0) is 12.8 Å². The van der Waals surface area contributed by atoms with E-state index in [2.05, 4.69) is 10.3 Å². The summed E-state index contributed by atoms with van der Waals surface area (Å²) in [5.41, 5.74) is 0.216. The Morgan fingerprint density at radius 1 is 1.32 bits per heavy atom. The molecular formula is C16H23F2N5O2. The van der Waals surface area contributed by atoms with Crippen molar-refractivity contribution < 1.29 is 18.4 Å². The van der Waals surface area contributed by atoms with Gasteiger partial charge in [0.2, 0.25) is 5.91 Å². The summed E-state index contributed by atoms with van der Waals surface area (Å²) < 4.78 is 29.0. The first-order chi connectivity index (χ1) is 11.8. The molecule has 3 heterocycles. The molecular weight excluding hydrogens is 332 g/mol. The number of rotatable bonds is 4. The summed E-state index contributed by atoms with van der Waals surface area (Å²) in [4.78, 5) is 27.4. The number of likely N-dealkylation sites (tertiary alicyclic amines) is 2. The Morgan fingerprint density at radius 3 is 2.64 bits per heavy atom. The zero-order valence-electron chi connectivity index (χ0n) is 14.5. The van der Waals surface area contributed by atoms with Gasteiger partial charge in [0.05, 0.1) is 25.3 Å². The van der Waals surface area contributed by atoms with Crippen LogP contribution in [0.15, 0.2) is 6.20 Å². The molecule has 2 aliphatic rings. The predicted octanol–water partition coefficient (Wildman–Crippen LogP) is 1.41. The predicted molar refractivity (Wildman–Crippen MR) is 85.1 cm³/mol. The smallest absolute Gasteiger partial charge is 0.276 e. The summed E-state index contributed by atoms with van der Waals surface area (Å²) in [5, 5.41) is 7.77. The van der Waals surface area contributed by atoms with Gasteiger partial charge in [0.1, 0.15) is 0 Å². The van der Waals surface area contributed by atoms with Crippen LogP contribution in [-0.4, -0.2) is 68.2 Å². The highest BCUT2D eigenvalue weighted by molar-refractivity contribution is 5.92. The Bertz CT molecular complexity index is 655. The first-order valence-electron chi connectivity index (χ1n) is 8.64. The molecule has 0 radical (unpaired) electrons. The van der Waals surface area contributed by atoms with Crippen LogP contribution in [0.4, 0.5) is 8.78 Å². The fourth-order valence-electron chi connectivity index (χ4n) is 3.43. The maximum atomic E-state index is 13.8. The van der Waals surface area contributed by atoms with Gasteiger partial charge in [0.15, 0.2) is 5.69 Å². The zero-order valence-corrected chi connectivity index (χ0v) is 14.5. The monoisotopic (exact) mass is 355 g/mol. The lowest BCUT2D eigenvalue weighted by Gasteiger charge is -2.25. The van der Waals surface area contributed by atoms with Gasteiger partial charge in [0.25, 0.3) is 11.8 Å². The zero-order chi connectivity index (χ0) is 18.2. The second kappa shape index (κ2) is 6.68. The molecule has 9 heteroatoms. The van der Waals surface area contributed by atoms with Crippen molar-refractivity contribution in [3.8, 4) is 0 Å². The summed E-state index contributed by atoms with van der Waals surface area (Å²) in [6.07, 6.45) is 3.03. The quantitative estimate of drug-likeness (QED) is 0.819. The molecule has 1 unspecified atom stereocenters. The van der Waals surface area contributed by atoms with Crippen molar-refractivity contribution in [2.75, 3.05) is 19.6 Å². The van der Waals surface area contributed by atoms with Crippen molar-refractivity contribution in [1.29, 1.82) is 0 Å². The molecule has 0 aromatic carbocycles. The van der Waals surface area contributed by atoms with Crippen molar-refractivity contribution >= 4 is 11.8 Å². The second-order valence-electron chi connectivity index (χ2n) is 7.16. The lowest BCUT2D eigenvalue weighted by molar-refractivity contribution is -0.136. The van der Waals surface area contributed by atoms with E-state index in [9.17, 15) is 18.4 Å². The van der Waals surface area contributed by atoms with Crippen LogP contribution in [0.2, 0.25) is 0 Å².